The lowest BCUT2D eigenvalue weighted by molar-refractivity contribution is 0.261. The zero-order chi connectivity index (χ0) is 6.91. The van der Waals surface area contributed by atoms with E-state index in [-0.39, 0.29) is 23.0 Å². The number of rotatable bonds is 0. The van der Waals surface area contributed by atoms with Crippen LogP contribution < -0.4 is 17.2 Å². The molecule has 0 saturated heterocycles. The van der Waals surface area contributed by atoms with Crippen molar-refractivity contribution in [1.82, 2.24) is 0 Å². The Balaban J connectivity index is 0.000000810. The molecule has 1 rings (SSSR count). The average Bonchev–Trinajstić information content (AvgIpc) is 1.77. The Kier molecular flexibility index (Phi) is 3.80. The summed E-state index contributed by atoms with van der Waals surface area (Å²) in [7, 11) is 0. The molecule has 62 valence electrons. The smallest absolute Gasteiger partial charge is 0.0792 e. The van der Waals surface area contributed by atoms with E-state index in [9.17, 15) is 0 Å². The molecular weight excluding hydrogens is 194 g/mol. The van der Waals surface area contributed by atoms with Crippen LogP contribution in [-0.4, -0.2) is 11.7 Å². The Morgan fingerprint density at radius 1 is 1.20 bits per heavy atom. The van der Waals surface area contributed by atoms with E-state index in [1.54, 1.807) is 0 Å². The molecule has 0 spiro atoms. The fraction of sp³-hybridized carbons (Fsp3) is 1.00. The number of hydrogen-bond acceptors (Lipinski definition) is 3. The molecule has 6 N–H and O–H groups in total. The molecule has 0 amide bonds. The summed E-state index contributed by atoms with van der Waals surface area (Å²) in [6.07, 6.45) is 4.15. The second kappa shape index (κ2) is 3.67. The summed E-state index contributed by atoms with van der Waals surface area (Å²) in [5, 5.41) is 0. The summed E-state index contributed by atoms with van der Waals surface area (Å²) in [6.45, 7) is 0. The lowest BCUT2D eigenvalue weighted by atomic mass is 9.86. The van der Waals surface area contributed by atoms with Gasteiger partial charge >= 0.3 is 0 Å². The van der Waals surface area contributed by atoms with Crippen LogP contribution in [0.2, 0.25) is 0 Å². The van der Waals surface area contributed by atoms with Gasteiger partial charge < -0.3 is 17.2 Å². The molecule has 10 heavy (non-hydrogen) atoms. The van der Waals surface area contributed by atoms with Crippen LogP contribution in [0.4, 0.5) is 0 Å². The third-order valence-corrected chi connectivity index (χ3v) is 2.07. The molecule has 0 aliphatic heterocycles. The Hall–Kier alpha value is 0.360. The zero-order valence-corrected chi connectivity index (χ0v) is 7.76. The summed E-state index contributed by atoms with van der Waals surface area (Å²) in [6, 6.07) is 0.00579. The van der Waals surface area contributed by atoms with E-state index in [4.69, 9.17) is 17.2 Å². The minimum Gasteiger partial charge on any atom is -0.325 e. The van der Waals surface area contributed by atoms with Gasteiger partial charge in [0.1, 0.15) is 0 Å². The zero-order valence-electron chi connectivity index (χ0n) is 6.05. The third kappa shape index (κ3) is 2.20. The van der Waals surface area contributed by atoms with Crippen LogP contribution in [0.5, 0.6) is 0 Å². The van der Waals surface area contributed by atoms with Gasteiger partial charge in [-0.3, -0.25) is 0 Å². The summed E-state index contributed by atoms with van der Waals surface area (Å²) in [4.78, 5) is 0. The topological polar surface area (TPSA) is 78.1 Å². The second-order valence-electron chi connectivity index (χ2n) is 2.96. The van der Waals surface area contributed by atoms with Crippen molar-refractivity contribution in [2.24, 2.45) is 17.2 Å². The SMILES string of the molecule is Br.NC1CCCCC1(N)N. The molecule has 0 aromatic carbocycles. The Bertz CT molecular complexity index is 105. The largest absolute Gasteiger partial charge is 0.325 e. The molecule has 1 fully saturated rings. The van der Waals surface area contributed by atoms with Gasteiger partial charge in [-0.2, -0.15) is 0 Å². The standard InChI is InChI=1S/C6H15N3.BrH/c7-5-3-1-2-4-6(5,8)9;/h5H,1-4,7-9H2;1H. The van der Waals surface area contributed by atoms with E-state index in [2.05, 4.69) is 0 Å². The van der Waals surface area contributed by atoms with Gasteiger partial charge in [0.05, 0.1) is 5.66 Å². The monoisotopic (exact) mass is 209 g/mol. The first-order chi connectivity index (χ1) is 4.13. The first-order valence-corrected chi connectivity index (χ1v) is 3.46. The molecule has 0 bridgehead atoms. The fourth-order valence-electron chi connectivity index (χ4n) is 1.25. The van der Waals surface area contributed by atoms with E-state index in [1.807, 2.05) is 0 Å². The van der Waals surface area contributed by atoms with E-state index in [0.29, 0.717) is 0 Å². The van der Waals surface area contributed by atoms with Crippen molar-refractivity contribution in [2.45, 2.75) is 37.4 Å². The molecule has 1 unspecified atom stereocenters. The molecule has 1 aliphatic rings. The fourth-order valence-corrected chi connectivity index (χ4v) is 1.25. The van der Waals surface area contributed by atoms with Crippen molar-refractivity contribution in [3.63, 3.8) is 0 Å². The van der Waals surface area contributed by atoms with Crippen molar-refractivity contribution >= 4 is 17.0 Å². The van der Waals surface area contributed by atoms with Crippen molar-refractivity contribution in [3.8, 4) is 0 Å². The molecule has 1 atom stereocenters. The lowest BCUT2D eigenvalue weighted by Gasteiger charge is -2.35. The molecule has 4 heteroatoms. The van der Waals surface area contributed by atoms with E-state index in [1.165, 1.54) is 6.42 Å². The summed E-state index contributed by atoms with van der Waals surface area (Å²) in [5.74, 6) is 0. The Morgan fingerprint density at radius 2 is 1.80 bits per heavy atom. The van der Waals surface area contributed by atoms with Crippen LogP contribution in [0.25, 0.3) is 0 Å². The Labute approximate surface area is 72.1 Å². The molecule has 0 radical (unpaired) electrons. The van der Waals surface area contributed by atoms with Gasteiger partial charge in [0.15, 0.2) is 0 Å². The van der Waals surface area contributed by atoms with Gasteiger partial charge in [-0.05, 0) is 12.8 Å². The Morgan fingerprint density at radius 3 is 2.10 bits per heavy atom. The van der Waals surface area contributed by atoms with E-state index in [0.717, 1.165) is 19.3 Å². The molecule has 0 aromatic rings. The minimum absolute atomic E-state index is 0. The van der Waals surface area contributed by atoms with E-state index < -0.39 is 5.66 Å². The van der Waals surface area contributed by atoms with Crippen LogP contribution in [0, 0.1) is 0 Å². The van der Waals surface area contributed by atoms with Gasteiger partial charge in [-0.25, -0.2) is 0 Å². The second-order valence-corrected chi connectivity index (χ2v) is 2.96. The van der Waals surface area contributed by atoms with Crippen LogP contribution in [0.3, 0.4) is 0 Å². The van der Waals surface area contributed by atoms with Gasteiger partial charge in [0.25, 0.3) is 0 Å². The van der Waals surface area contributed by atoms with Crippen LogP contribution in [0.15, 0.2) is 0 Å². The summed E-state index contributed by atoms with van der Waals surface area (Å²) in [5.41, 5.74) is 16.4. The molecule has 0 aromatic heterocycles. The quantitative estimate of drug-likeness (QED) is 0.495. The maximum absolute atomic E-state index is 5.67. The number of halogens is 1. The third-order valence-electron chi connectivity index (χ3n) is 2.07. The van der Waals surface area contributed by atoms with Gasteiger partial charge in [-0.1, -0.05) is 12.8 Å². The van der Waals surface area contributed by atoms with Crippen molar-refractivity contribution in [2.75, 3.05) is 0 Å². The highest BCUT2D eigenvalue weighted by atomic mass is 79.9. The van der Waals surface area contributed by atoms with Crippen molar-refractivity contribution in [3.05, 3.63) is 0 Å². The lowest BCUT2D eigenvalue weighted by Crippen LogP contribution is -2.63. The summed E-state index contributed by atoms with van der Waals surface area (Å²) >= 11 is 0. The highest BCUT2D eigenvalue weighted by molar-refractivity contribution is 8.93. The predicted octanol–water partition coefficient (Wildman–Crippen LogP) is 0.0793. The summed E-state index contributed by atoms with van der Waals surface area (Å²) < 4.78 is 0. The molecule has 3 nitrogen and oxygen atoms in total. The van der Waals surface area contributed by atoms with Crippen molar-refractivity contribution < 1.29 is 0 Å². The van der Waals surface area contributed by atoms with Gasteiger partial charge in [0.2, 0.25) is 0 Å². The highest BCUT2D eigenvalue weighted by Gasteiger charge is 2.29. The normalized spacial score (nSPS) is 30.9. The number of hydrogen-bond donors (Lipinski definition) is 3. The predicted molar refractivity (Wildman–Crippen MR) is 47.9 cm³/mol. The van der Waals surface area contributed by atoms with Gasteiger partial charge in [-0.15, -0.1) is 17.0 Å². The van der Waals surface area contributed by atoms with Crippen molar-refractivity contribution in [1.29, 1.82) is 0 Å². The average molecular weight is 210 g/mol. The molecule has 0 heterocycles. The maximum Gasteiger partial charge on any atom is 0.0792 e. The number of nitrogens with two attached hydrogens (primary N) is 3. The van der Waals surface area contributed by atoms with E-state index >= 15 is 0 Å². The first-order valence-electron chi connectivity index (χ1n) is 3.46. The maximum atomic E-state index is 5.67. The molecule has 1 saturated carbocycles. The van der Waals surface area contributed by atoms with Gasteiger partial charge in [0, 0.05) is 6.04 Å². The highest BCUT2D eigenvalue weighted by Crippen LogP contribution is 2.19. The molecular formula is C6H16BrN3. The minimum atomic E-state index is -0.585. The molecule has 1 aliphatic carbocycles. The first kappa shape index (κ1) is 10.4. The van der Waals surface area contributed by atoms with Crippen LogP contribution in [-0.2, 0) is 0 Å². The van der Waals surface area contributed by atoms with Crippen LogP contribution in [0.1, 0.15) is 25.7 Å². The van der Waals surface area contributed by atoms with Crippen LogP contribution >= 0.6 is 17.0 Å².